The molecule has 0 aromatic heterocycles. The Labute approximate surface area is 91.6 Å². The Morgan fingerprint density at radius 3 is 2.73 bits per heavy atom. The van der Waals surface area contributed by atoms with Gasteiger partial charge in [-0.05, 0) is 31.7 Å². The van der Waals surface area contributed by atoms with Crippen molar-refractivity contribution in [1.82, 2.24) is 0 Å². The lowest BCUT2D eigenvalue weighted by molar-refractivity contribution is 0.617. The fraction of sp³-hybridized carbons (Fsp3) is 0.357. The maximum Gasteiger partial charge on any atom is 0.100 e. The van der Waals surface area contributed by atoms with Gasteiger partial charge in [-0.2, -0.15) is 0 Å². The Bertz CT molecular complexity index is 378. The van der Waals surface area contributed by atoms with Gasteiger partial charge in [0.05, 0.1) is 5.71 Å². The van der Waals surface area contributed by atoms with Crippen LogP contribution in [0.3, 0.4) is 0 Å². The lowest BCUT2D eigenvalue weighted by Crippen LogP contribution is -2.14. The minimum Gasteiger partial charge on any atom is -0.274 e. The molecule has 1 unspecified atom stereocenters. The topological polar surface area (TPSA) is 12.4 Å². The second kappa shape index (κ2) is 4.01. The summed E-state index contributed by atoms with van der Waals surface area (Å²) < 4.78 is 0. The quantitative estimate of drug-likeness (QED) is 0.507. The number of benzene rings is 1. The average molecular weight is 199 g/mol. The number of allylic oxidation sites excluding steroid dienone is 1. The number of unbranched alkanes of at least 4 members (excludes halogenated alkanes) is 1. The van der Waals surface area contributed by atoms with Gasteiger partial charge in [0, 0.05) is 0 Å². The monoisotopic (exact) mass is 199 g/mol. The molecule has 2 rings (SSSR count). The van der Waals surface area contributed by atoms with E-state index < -0.39 is 0 Å². The van der Waals surface area contributed by atoms with Gasteiger partial charge in [-0.15, -0.1) is 6.58 Å². The van der Waals surface area contributed by atoms with Crippen LogP contribution in [0.5, 0.6) is 0 Å². The van der Waals surface area contributed by atoms with E-state index in [9.17, 15) is 0 Å². The molecule has 15 heavy (non-hydrogen) atoms. The van der Waals surface area contributed by atoms with Crippen molar-refractivity contribution in [2.45, 2.75) is 31.7 Å². The Balaban J connectivity index is 1.93. The molecule has 0 saturated carbocycles. The predicted molar refractivity (Wildman–Crippen MR) is 65.4 cm³/mol. The molecule has 1 aliphatic heterocycles. The molecule has 0 spiro atoms. The summed E-state index contributed by atoms with van der Waals surface area (Å²) in [6, 6.07) is 10.5. The van der Waals surface area contributed by atoms with Crippen LogP contribution in [-0.4, -0.2) is 11.3 Å². The maximum atomic E-state index is 4.61. The standard InChI is InChI=1S/C14H17N/c1-3-4-8-11-14(2)13(15-14)12-9-6-5-7-10-12/h3,5-7,9-10H,1,4,8,11H2,2H3. The summed E-state index contributed by atoms with van der Waals surface area (Å²) in [6.07, 6.45) is 5.39. The lowest BCUT2D eigenvalue weighted by Gasteiger charge is -2.07. The van der Waals surface area contributed by atoms with Crippen molar-refractivity contribution in [2.24, 2.45) is 4.99 Å². The van der Waals surface area contributed by atoms with E-state index in [1.165, 1.54) is 17.7 Å². The Kier molecular flexibility index (Phi) is 2.72. The highest BCUT2D eigenvalue weighted by Gasteiger charge is 2.41. The van der Waals surface area contributed by atoms with E-state index in [-0.39, 0.29) is 5.54 Å². The third-order valence-corrected chi connectivity index (χ3v) is 2.94. The second-order valence-corrected chi connectivity index (χ2v) is 4.28. The van der Waals surface area contributed by atoms with Crippen LogP contribution < -0.4 is 0 Å². The van der Waals surface area contributed by atoms with Gasteiger partial charge in [0.2, 0.25) is 0 Å². The zero-order valence-corrected chi connectivity index (χ0v) is 9.24. The normalized spacial score (nSPS) is 23.4. The molecular weight excluding hydrogens is 182 g/mol. The summed E-state index contributed by atoms with van der Waals surface area (Å²) in [5, 5.41) is 0. The van der Waals surface area contributed by atoms with Crippen LogP contribution in [0.15, 0.2) is 48.0 Å². The second-order valence-electron chi connectivity index (χ2n) is 4.28. The van der Waals surface area contributed by atoms with Crippen molar-refractivity contribution in [1.29, 1.82) is 0 Å². The van der Waals surface area contributed by atoms with Crippen molar-refractivity contribution in [3.63, 3.8) is 0 Å². The van der Waals surface area contributed by atoms with Gasteiger partial charge in [-0.1, -0.05) is 36.4 Å². The van der Waals surface area contributed by atoms with Crippen molar-refractivity contribution < 1.29 is 0 Å². The van der Waals surface area contributed by atoms with E-state index in [2.05, 4.69) is 42.8 Å². The number of hydrogen-bond donors (Lipinski definition) is 0. The zero-order chi connectivity index (χ0) is 10.7. The first-order valence-electron chi connectivity index (χ1n) is 5.53. The molecule has 0 radical (unpaired) electrons. The molecule has 0 saturated heterocycles. The molecule has 1 atom stereocenters. The first kappa shape index (κ1) is 10.2. The van der Waals surface area contributed by atoms with Gasteiger partial charge in [-0.3, -0.25) is 4.99 Å². The van der Waals surface area contributed by atoms with E-state index in [4.69, 9.17) is 0 Å². The third-order valence-electron chi connectivity index (χ3n) is 2.94. The van der Waals surface area contributed by atoms with Gasteiger partial charge in [0.1, 0.15) is 5.54 Å². The Morgan fingerprint density at radius 1 is 1.33 bits per heavy atom. The molecule has 1 nitrogen and oxygen atoms in total. The minimum absolute atomic E-state index is 0.115. The predicted octanol–water partition coefficient (Wildman–Crippen LogP) is 3.60. The average Bonchev–Trinajstić information content (AvgIpc) is 2.93. The number of rotatable bonds is 5. The van der Waals surface area contributed by atoms with Crippen LogP contribution in [0.4, 0.5) is 0 Å². The van der Waals surface area contributed by atoms with Crippen molar-refractivity contribution in [3.8, 4) is 0 Å². The van der Waals surface area contributed by atoms with Crippen molar-refractivity contribution >= 4 is 5.71 Å². The zero-order valence-electron chi connectivity index (χ0n) is 9.24. The van der Waals surface area contributed by atoms with Crippen molar-refractivity contribution in [2.75, 3.05) is 0 Å². The summed E-state index contributed by atoms with van der Waals surface area (Å²) >= 11 is 0. The van der Waals surface area contributed by atoms with Gasteiger partial charge >= 0.3 is 0 Å². The molecular formula is C14H17N. The van der Waals surface area contributed by atoms with Crippen LogP contribution in [0.25, 0.3) is 0 Å². The lowest BCUT2D eigenvalue weighted by atomic mass is 9.94. The highest BCUT2D eigenvalue weighted by molar-refractivity contribution is 6.16. The molecule has 1 aliphatic rings. The summed E-state index contributed by atoms with van der Waals surface area (Å²) in [7, 11) is 0. The number of aliphatic imine (C=N–C) groups is 1. The first-order valence-corrected chi connectivity index (χ1v) is 5.53. The smallest absolute Gasteiger partial charge is 0.100 e. The first-order chi connectivity index (χ1) is 7.26. The molecule has 0 bridgehead atoms. The molecule has 0 amide bonds. The highest BCUT2D eigenvalue weighted by Crippen LogP contribution is 2.36. The fourth-order valence-corrected chi connectivity index (χ4v) is 1.96. The van der Waals surface area contributed by atoms with Crippen LogP contribution >= 0.6 is 0 Å². The Hall–Kier alpha value is -1.37. The molecule has 1 aromatic carbocycles. The van der Waals surface area contributed by atoms with E-state index in [0.29, 0.717) is 0 Å². The maximum absolute atomic E-state index is 4.61. The van der Waals surface area contributed by atoms with Crippen LogP contribution in [-0.2, 0) is 0 Å². The third kappa shape index (κ3) is 2.17. The molecule has 0 N–H and O–H groups in total. The van der Waals surface area contributed by atoms with E-state index in [1.807, 2.05) is 12.1 Å². The Morgan fingerprint density at radius 2 is 2.07 bits per heavy atom. The molecule has 1 heterocycles. The summed E-state index contributed by atoms with van der Waals surface area (Å²) in [4.78, 5) is 4.61. The fourth-order valence-electron chi connectivity index (χ4n) is 1.96. The van der Waals surface area contributed by atoms with Gasteiger partial charge in [-0.25, -0.2) is 0 Å². The molecule has 78 valence electrons. The van der Waals surface area contributed by atoms with Crippen LogP contribution in [0.1, 0.15) is 31.7 Å². The highest BCUT2D eigenvalue weighted by atomic mass is 15.0. The molecule has 1 heteroatoms. The van der Waals surface area contributed by atoms with Gasteiger partial charge in [0.15, 0.2) is 0 Å². The largest absolute Gasteiger partial charge is 0.274 e. The SMILES string of the molecule is C=CCCCC1(C)N=C1c1ccccc1. The van der Waals surface area contributed by atoms with Gasteiger partial charge < -0.3 is 0 Å². The summed E-state index contributed by atoms with van der Waals surface area (Å²) in [5.41, 5.74) is 2.66. The van der Waals surface area contributed by atoms with Crippen molar-refractivity contribution in [3.05, 3.63) is 48.6 Å². The van der Waals surface area contributed by atoms with Gasteiger partial charge in [0.25, 0.3) is 0 Å². The molecule has 0 aliphatic carbocycles. The number of hydrogen-bond acceptors (Lipinski definition) is 1. The minimum atomic E-state index is 0.115. The summed E-state index contributed by atoms with van der Waals surface area (Å²) in [5.74, 6) is 0. The van der Waals surface area contributed by atoms with E-state index in [1.54, 1.807) is 0 Å². The summed E-state index contributed by atoms with van der Waals surface area (Å²) in [6.45, 7) is 5.96. The van der Waals surface area contributed by atoms with Crippen LogP contribution in [0.2, 0.25) is 0 Å². The van der Waals surface area contributed by atoms with E-state index >= 15 is 0 Å². The van der Waals surface area contributed by atoms with Crippen LogP contribution in [0, 0.1) is 0 Å². The molecule has 1 aromatic rings. The van der Waals surface area contributed by atoms with E-state index in [0.717, 1.165) is 12.8 Å². The molecule has 0 fully saturated rings. The number of nitrogens with zero attached hydrogens (tertiary/aromatic N) is 1.